The predicted molar refractivity (Wildman–Crippen MR) is 69.7 cm³/mol. The van der Waals surface area contributed by atoms with Crippen LogP contribution in [0.25, 0.3) is 0 Å². The van der Waals surface area contributed by atoms with E-state index in [1.165, 1.54) is 24.8 Å². The predicted octanol–water partition coefficient (Wildman–Crippen LogP) is 4.49. The van der Waals surface area contributed by atoms with E-state index in [0.29, 0.717) is 17.6 Å². The Morgan fingerprint density at radius 1 is 1.44 bits per heavy atom. The van der Waals surface area contributed by atoms with Gasteiger partial charge in [0.1, 0.15) is 5.75 Å². The van der Waals surface area contributed by atoms with E-state index in [9.17, 15) is 5.11 Å². The molecule has 0 heterocycles. The zero-order valence-corrected chi connectivity index (χ0v) is 10.3. The van der Waals surface area contributed by atoms with Crippen LogP contribution >= 0.6 is 0 Å². The molecule has 0 spiro atoms. The van der Waals surface area contributed by atoms with Crippen LogP contribution in [0.2, 0.25) is 0 Å². The Hall–Kier alpha value is -1.24. The molecule has 16 heavy (non-hydrogen) atoms. The Labute approximate surface area is 98.8 Å². The third kappa shape index (κ3) is 3.41. The van der Waals surface area contributed by atoms with Crippen LogP contribution in [-0.2, 0) is 0 Å². The lowest BCUT2D eigenvalue weighted by Crippen LogP contribution is -2.07. The van der Waals surface area contributed by atoms with E-state index in [4.69, 9.17) is 0 Å². The van der Waals surface area contributed by atoms with E-state index in [1.807, 2.05) is 18.2 Å². The molecule has 0 aliphatic heterocycles. The van der Waals surface area contributed by atoms with E-state index in [2.05, 4.69) is 26.5 Å². The second kappa shape index (κ2) is 6.37. The number of phenols is 1. The fourth-order valence-electron chi connectivity index (χ4n) is 2.13. The van der Waals surface area contributed by atoms with Gasteiger partial charge < -0.3 is 5.11 Å². The van der Waals surface area contributed by atoms with Gasteiger partial charge in [0.2, 0.25) is 0 Å². The van der Waals surface area contributed by atoms with E-state index in [-0.39, 0.29) is 0 Å². The summed E-state index contributed by atoms with van der Waals surface area (Å²) in [5.74, 6) is 1.27. The second-order valence-electron chi connectivity index (χ2n) is 4.48. The molecule has 0 amide bonds. The van der Waals surface area contributed by atoms with Crippen LogP contribution in [0, 0.1) is 5.92 Å². The minimum absolute atomic E-state index is 0.340. The molecule has 1 aromatic rings. The number of phenolic OH excluding ortho intramolecular Hbond substituents is 1. The quantitative estimate of drug-likeness (QED) is 0.697. The summed E-state index contributed by atoms with van der Waals surface area (Å²) in [6.45, 7) is 8.38. The van der Waals surface area contributed by atoms with Crippen LogP contribution in [0.3, 0.4) is 0 Å². The number of benzene rings is 1. The Morgan fingerprint density at radius 3 is 2.75 bits per heavy atom. The van der Waals surface area contributed by atoms with Gasteiger partial charge in [-0.25, -0.2) is 0 Å². The molecule has 1 heteroatoms. The van der Waals surface area contributed by atoms with Crippen molar-refractivity contribution < 1.29 is 5.11 Å². The number of rotatable bonds is 6. The van der Waals surface area contributed by atoms with Gasteiger partial charge in [0.05, 0.1) is 0 Å². The molecule has 1 nitrogen and oxygen atoms in total. The maximum Gasteiger partial charge on any atom is 0.115 e. The molecule has 2 atom stereocenters. The SMILES string of the molecule is C=C[C@@H](c1cccc(O)c1)[C@@H](C)CCCC. The summed E-state index contributed by atoms with van der Waals surface area (Å²) in [4.78, 5) is 0. The van der Waals surface area contributed by atoms with Crippen LogP contribution in [0.4, 0.5) is 0 Å². The lowest BCUT2D eigenvalue weighted by molar-refractivity contribution is 0.455. The van der Waals surface area contributed by atoms with Crippen molar-refractivity contribution in [1.82, 2.24) is 0 Å². The maximum atomic E-state index is 9.48. The van der Waals surface area contributed by atoms with Gasteiger partial charge in [-0.05, 0) is 30.0 Å². The second-order valence-corrected chi connectivity index (χ2v) is 4.48. The standard InChI is InChI=1S/C15H22O/c1-4-6-8-12(3)15(5-2)13-9-7-10-14(16)11-13/h5,7,9-12,15-16H,2,4,6,8H2,1,3H3/t12-,15+/m0/s1. The Balaban J connectivity index is 2.77. The van der Waals surface area contributed by atoms with Crippen molar-refractivity contribution in [2.24, 2.45) is 5.92 Å². The van der Waals surface area contributed by atoms with Gasteiger partial charge >= 0.3 is 0 Å². The van der Waals surface area contributed by atoms with Gasteiger partial charge in [-0.2, -0.15) is 0 Å². The monoisotopic (exact) mass is 218 g/mol. The minimum Gasteiger partial charge on any atom is -0.508 e. The first-order valence-corrected chi connectivity index (χ1v) is 6.10. The van der Waals surface area contributed by atoms with Crippen LogP contribution in [-0.4, -0.2) is 5.11 Å². The van der Waals surface area contributed by atoms with Gasteiger partial charge in [0.15, 0.2) is 0 Å². The summed E-state index contributed by atoms with van der Waals surface area (Å²) in [7, 11) is 0. The van der Waals surface area contributed by atoms with E-state index >= 15 is 0 Å². The molecule has 0 aromatic heterocycles. The molecule has 0 unspecified atom stereocenters. The fourth-order valence-corrected chi connectivity index (χ4v) is 2.13. The zero-order valence-electron chi connectivity index (χ0n) is 10.3. The summed E-state index contributed by atoms with van der Waals surface area (Å²) in [5, 5.41) is 9.48. The highest BCUT2D eigenvalue weighted by Gasteiger charge is 2.15. The molecule has 1 N–H and O–H groups in total. The van der Waals surface area contributed by atoms with E-state index in [0.717, 1.165) is 0 Å². The lowest BCUT2D eigenvalue weighted by atomic mass is 9.84. The van der Waals surface area contributed by atoms with Crippen LogP contribution < -0.4 is 0 Å². The average molecular weight is 218 g/mol. The van der Waals surface area contributed by atoms with E-state index in [1.54, 1.807) is 6.07 Å². The molecular formula is C15H22O. The van der Waals surface area contributed by atoms with Crippen molar-refractivity contribution in [2.75, 3.05) is 0 Å². The number of aromatic hydroxyl groups is 1. The first-order valence-electron chi connectivity index (χ1n) is 6.10. The molecule has 0 saturated heterocycles. The summed E-state index contributed by atoms with van der Waals surface area (Å²) >= 11 is 0. The summed E-state index contributed by atoms with van der Waals surface area (Å²) in [6, 6.07) is 7.51. The smallest absolute Gasteiger partial charge is 0.115 e. The third-order valence-electron chi connectivity index (χ3n) is 3.14. The molecule has 0 fully saturated rings. The Bertz CT molecular complexity index is 330. The molecule has 0 aliphatic carbocycles. The number of hydrogen-bond acceptors (Lipinski definition) is 1. The minimum atomic E-state index is 0.340. The molecular weight excluding hydrogens is 196 g/mol. The van der Waals surface area contributed by atoms with Crippen molar-refractivity contribution in [3.63, 3.8) is 0 Å². The lowest BCUT2D eigenvalue weighted by Gasteiger charge is -2.21. The Kier molecular flexibility index (Phi) is 5.10. The van der Waals surface area contributed by atoms with Crippen molar-refractivity contribution >= 4 is 0 Å². The number of hydrogen-bond donors (Lipinski definition) is 1. The first kappa shape index (κ1) is 12.8. The largest absolute Gasteiger partial charge is 0.508 e. The van der Waals surface area contributed by atoms with E-state index < -0.39 is 0 Å². The third-order valence-corrected chi connectivity index (χ3v) is 3.14. The highest BCUT2D eigenvalue weighted by molar-refractivity contribution is 5.32. The number of unbranched alkanes of at least 4 members (excludes halogenated alkanes) is 1. The molecule has 0 saturated carbocycles. The van der Waals surface area contributed by atoms with Crippen LogP contribution in [0.15, 0.2) is 36.9 Å². The summed E-state index contributed by atoms with van der Waals surface area (Å²) in [5.41, 5.74) is 1.17. The summed E-state index contributed by atoms with van der Waals surface area (Å²) in [6.07, 6.45) is 5.69. The first-order chi connectivity index (χ1) is 7.69. The molecule has 0 radical (unpaired) electrons. The highest BCUT2D eigenvalue weighted by Crippen LogP contribution is 2.30. The highest BCUT2D eigenvalue weighted by atomic mass is 16.3. The van der Waals surface area contributed by atoms with Crippen LogP contribution in [0.1, 0.15) is 44.6 Å². The average Bonchev–Trinajstić information content (AvgIpc) is 2.27. The topological polar surface area (TPSA) is 20.2 Å². The van der Waals surface area contributed by atoms with Crippen LogP contribution in [0.5, 0.6) is 5.75 Å². The maximum absolute atomic E-state index is 9.48. The molecule has 1 aromatic carbocycles. The van der Waals surface area contributed by atoms with Gasteiger partial charge in [-0.15, -0.1) is 6.58 Å². The van der Waals surface area contributed by atoms with Crippen molar-refractivity contribution in [3.8, 4) is 5.75 Å². The Morgan fingerprint density at radius 2 is 2.19 bits per heavy atom. The van der Waals surface area contributed by atoms with Gasteiger partial charge in [0, 0.05) is 5.92 Å². The zero-order chi connectivity index (χ0) is 12.0. The van der Waals surface area contributed by atoms with Crippen molar-refractivity contribution in [2.45, 2.75) is 39.0 Å². The molecule has 88 valence electrons. The van der Waals surface area contributed by atoms with Gasteiger partial charge in [-0.1, -0.05) is 44.9 Å². The normalized spacial score (nSPS) is 14.4. The van der Waals surface area contributed by atoms with Gasteiger partial charge in [-0.3, -0.25) is 0 Å². The number of allylic oxidation sites excluding steroid dienone is 1. The molecule has 0 aliphatic rings. The van der Waals surface area contributed by atoms with Crippen molar-refractivity contribution in [3.05, 3.63) is 42.5 Å². The van der Waals surface area contributed by atoms with Gasteiger partial charge in [0.25, 0.3) is 0 Å². The fraction of sp³-hybridized carbons (Fsp3) is 0.467. The summed E-state index contributed by atoms with van der Waals surface area (Å²) < 4.78 is 0. The van der Waals surface area contributed by atoms with Crippen molar-refractivity contribution in [1.29, 1.82) is 0 Å². The molecule has 1 rings (SSSR count). The molecule has 0 bridgehead atoms.